The molecule has 1 amide bonds. The van der Waals surface area contributed by atoms with E-state index in [1.54, 1.807) is 6.20 Å². The minimum atomic E-state index is -1.77. The molecule has 31 heavy (non-hydrogen) atoms. The summed E-state index contributed by atoms with van der Waals surface area (Å²) in [4.78, 5) is 17.6. The zero-order valence-corrected chi connectivity index (χ0v) is 21.0. The SMILES string of the molecule is CC(C)[Si](C#CC1CCCCC1NC(=O)c1nccc2ccccc12)(C(C)C)C(C)C. The normalized spacial score (nSPS) is 19.5. The summed E-state index contributed by atoms with van der Waals surface area (Å²) in [5.41, 5.74) is 6.28. The molecule has 4 heteroatoms. The first-order valence-corrected chi connectivity index (χ1v) is 14.2. The van der Waals surface area contributed by atoms with E-state index >= 15 is 0 Å². The van der Waals surface area contributed by atoms with Gasteiger partial charge in [-0.15, -0.1) is 11.5 Å². The van der Waals surface area contributed by atoms with Gasteiger partial charge < -0.3 is 5.32 Å². The maximum absolute atomic E-state index is 13.2. The topological polar surface area (TPSA) is 42.0 Å². The molecule has 2 atom stereocenters. The number of aromatic nitrogens is 1. The number of hydrogen-bond acceptors (Lipinski definition) is 2. The van der Waals surface area contributed by atoms with Gasteiger partial charge in [0, 0.05) is 23.5 Å². The van der Waals surface area contributed by atoms with E-state index in [0.717, 1.165) is 30.0 Å². The van der Waals surface area contributed by atoms with E-state index in [2.05, 4.69) is 63.3 Å². The van der Waals surface area contributed by atoms with Gasteiger partial charge in [0.15, 0.2) is 0 Å². The number of hydrogen-bond donors (Lipinski definition) is 1. The predicted molar refractivity (Wildman–Crippen MR) is 134 cm³/mol. The number of amides is 1. The van der Waals surface area contributed by atoms with Crippen LogP contribution in [-0.4, -0.2) is 25.0 Å². The van der Waals surface area contributed by atoms with Crippen molar-refractivity contribution in [2.75, 3.05) is 0 Å². The third-order valence-corrected chi connectivity index (χ3v) is 13.6. The Morgan fingerprint density at radius 2 is 1.65 bits per heavy atom. The number of rotatable bonds is 5. The second-order valence-electron chi connectivity index (χ2n) is 10.0. The van der Waals surface area contributed by atoms with Gasteiger partial charge >= 0.3 is 0 Å². The molecule has 0 spiro atoms. The Hall–Kier alpha value is -2.12. The maximum Gasteiger partial charge on any atom is 0.270 e. The Bertz CT molecular complexity index is 943. The summed E-state index contributed by atoms with van der Waals surface area (Å²) in [6, 6.07) is 10.0. The Balaban J connectivity index is 1.86. The van der Waals surface area contributed by atoms with Gasteiger partial charge in [-0.25, -0.2) is 0 Å². The number of nitrogens with zero attached hydrogens (tertiary/aromatic N) is 1. The zero-order chi connectivity index (χ0) is 22.6. The van der Waals surface area contributed by atoms with Crippen molar-refractivity contribution in [2.45, 2.75) is 89.9 Å². The summed E-state index contributed by atoms with van der Waals surface area (Å²) in [5.74, 6) is 3.89. The van der Waals surface area contributed by atoms with Crippen LogP contribution in [0.1, 0.15) is 77.7 Å². The van der Waals surface area contributed by atoms with Crippen LogP contribution in [0.4, 0.5) is 0 Å². The molecule has 3 nitrogen and oxygen atoms in total. The van der Waals surface area contributed by atoms with E-state index in [4.69, 9.17) is 0 Å². The van der Waals surface area contributed by atoms with Crippen LogP contribution in [0.5, 0.6) is 0 Å². The lowest BCUT2D eigenvalue weighted by Gasteiger charge is -2.38. The van der Waals surface area contributed by atoms with E-state index < -0.39 is 8.07 Å². The average molecular weight is 435 g/mol. The third-order valence-electron chi connectivity index (χ3n) is 7.31. The Morgan fingerprint density at radius 3 is 2.32 bits per heavy atom. The van der Waals surface area contributed by atoms with Crippen molar-refractivity contribution in [2.24, 2.45) is 5.92 Å². The number of benzene rings is 1. The summed E-state index contributed by atoms with van der Waals surface area (Å²) in [6.45, 7) is 14.1. The van der Waals surface area contributed by atoms with E-state index in [1.807, 2.05) is 30.3 Å². The summed E-state index contributed by atoms with van der Waals surface area (Å²) in [6.07, 6.45) is 6.13. The highest BCUT2D eigenvalue weighted by Gasteiger charge is 2.42. The monoisotopic (exact) mass is 434 g/mol. The third kappa shape index (κ3) is 4.88. The standard InChI is InChI=1S/C27H38N2OSi/c1-19(2)31(20(3)4,21(5)6)18-16-23-12-8-10-14-25(23)29-27(30)26-24-13-9-7-11-22(24)15-17-28-26/h7,9,11,13,15,17,19-21,23,25H,8,10,12,14H2,1-6H3,(H,29,30). The predicted octanol–water partition coefficient (Wildman–Crippen LogP) is 6.74. The molecule has 0 radical (unpaired) electrons. The van der Waals surface area contributed by atoms with Crippen LogP contribution in [0, 0.1) is 17.4 Å². The molecule has 0 bridgehead atoms. The molecule has 1 fully saturated rings. The molecule has 3 rings (SSSR count). The van der Waals surface area contributed by atoms with E-state index in [0.29, 0.717) is 22.3 Å². The van der Waals surface area contributed by atoms with Gasteiger partial charge in [-0.3, -0.25) is 9.78 Å². The smallest absolute Gasteiger partial charge is 0.270 e. The van der Waals surface area contributed by atoms with Crippen molar-refractivity contribution >= 4 is 24.8 Å². The fraction of sp³-hybridized carbons (Fsp3) is 0.556. The van der Waals surface area contributed by atoms with Crippen LogP contribution in [0.25, 0.3) is 10.8 Å². The second-order valence-corrected chi connectivity index (χ2v) is 15.6. The quantitative estimate of drug-likeness (QED) is 0.418. The van der Waals surface area contributed by atoms with Crippen molar-refractivity contribution in [3.05, 3.63) is 42.2 Å². The van der Waals surface area contributed by atoms with Crippen LogP contribution in [0.2, 0.25) is 16.6 Å². The van der Waals surface area contributed by atoms with Gasteiger partial charge in [0.1, 0.15) is 13.8 Å². The first kappa shape index (κ1) is 23.5. The van der Waals surface area contributed by atoms with Crippen LogP contribution in [0.15, 0.2) is 36.5 Å². The van der Waals surface area contributed by atoms with Crippen LogP contribution in [0.3, 0.4) is 0 Å². The van der Waals surface area contributed by atoms with Crippen LogP contribution >= 0.6 is 0 Å². The lowest BCUT2D eigenvalue weighted by atomic mass is 9.85. The molecule has 1 aliphatic rings. The molecule has 1 saturated carbocycles. The molecule has 0 saturated heterocycles. The summed E-state index contributed by atoms with van der Waals surface area (Å²) >= 11 is 0. The summed E-state index contributed by atoms with van der Waals surface area (Å²) < 4.78 is 0. The van der Waals surface area contributed by atoms with Crippen molar-refractivity contribution in [1.82, 2.24) is 10.3 Å². The number of carbonyl (C=O) groups is 1. The minimum Gasteiger partial charge on any atom is -0.347 e. The minimum absolute atomic E-state index is 0.0735. The van der Waals surface area contributed by atoms with E-state index in [1.165, 1.54) is 6.42 Å². The van der Waals surface area contributed by atoms with Crippen molar-refractivity contribution < 1.29 is 4.79 Å². The van der Waals surface area contributed by atoms with Crippen LogP contribution < -0.4 is 5.32 Å². The van der Waals surface area contributed by atoms with Gasteiger partial charge in [0.2, 0.25) is 0 Å². The molecule has 166 valence electrons. The van der Waals surface area contributed by atoms with Gasteiger partial charge in [-0.1, -0.05) is 78.6 Å². The summed E-state index contributed by atoms with van der Waals surface area (Å²) in [7, 11) is -1.77. The molecule has 1 aromatic heterocycles. The van der Waals surface area contributed by atoms with Gasteiger partial charge in [0.05, 0.1) is 0 Å². The fourth-order valence-electron chi connectivity index (χ4n) is 5.66. The molecule has 1 aliphatic carbocycles. The highest BCUT2D eigenvalue weighted by atomic mass is 28.3. The van der Waals surface area contributed by atoms with Crippen LogP contribution in [-0.2, 0) is 0 Å². The second kappa shape index (κ2) is 10.00. The molecular weight excluding hydrogens is 396 g/mol. The van der Waals surface area contributed by atoms with Crippen molar-refractivity contribution in [3.8, 4) is 11.5 Å². The highest BCUT2D eigenvalue weighted by molar-refractivity contribution is 6.90. The summed E-state index contributed by atoms with van der Waals surface area (Å²) in [5, 5.41) is 5.27. The van der Waals surface area contributed by atoms with E-state index in [-0.39, 0.29) is 17.9 Å². The van der Waals surface area contributed by atoms with E-state index in [9.17, 15) is 4.79 Å². The van der Waals surface area contributed by atoms with Gasteiger partial charge in [-0.05, 0) is 40.9 Å². The average Bonchev–Trinajstić information content (AvgIpc) is 2.74. The Labute approximate surface area is 189 Å². The molecule has 1 heterocycles. The lowest BCUT2D eigenvalue weighted by molar-refractivity contribution is 0.0914. The van der Waals surface area contributed by atoms with Crippen molar-refractivity contribution in [3.63, 3.8) is 0 Å². The first-order valence-electron chi connectivity index (χ1n) is 11.9. The largest absolute Gasteiger partial charge is 0.347 e. The molecular formula is C27H38N2OSi. The number of pyridine rings is 1. The first-order chi connectivity index (χ1) is 14.8. The van der Waals surface area contributed by atoms with Gasteiger partial charge in [-0.2, -0.15) is 0 Å². The number of carbonyl (C=O) groups excluding carboxylic acids is 1. The molecule has 1 N–H and O–H groups in total. The molecule has 2 aromatic rings. The number of nitrogens with one attached hydrogen (secondary N) is 1. The fourth-order valence-corrected chi connectivity index (χ4v) is 11.0. The highest BCUT2D eigenvalue weighted by Crippen LogP contribution is 2.41. The molecule has 2 unspecified atom stereocenters. The Kier molecular flexibility index (Phi) is 7.59. The lowest BCUT2D eigenvalue weighted by Crippen LogP contribution is -2.45. The number of fused-ring (bicyclic) bond motifs is 1. The zero-order valence-electron chi connectivity index (χ0n) is 20.0. The molecule has 1 aromatic carbocycles. The van der Waals surface area contributed by atoms with Gasteiger partial charge in [0.25, 0.3) is 5.91 Å². The Morgan fingerprint density at radius 1 is 1.00 bits per heavy atom. The maximum atomic E-state index is 13.2. The van der Waals surface area contributed by atoms with Crippen molar-refractivity contribution in [1.29, 1.82) is 0 Å². The molecule has 0 aliphatic heterocycles.